The van der Waals surface area contributed by atoms with Gasteiger partial charge in [-0.15, -0.1) is 0 Å². The van der Waals surface area contributed by atoms with Crippen molar-refractivity contribution in [1.82, 2.24) is 9.88 Å². The number of methoxy groups -OCH3 is 1. The molecule has 1 aliphatic heterocycles. The maximum Gasteiger partial charge on any atom is 0.118 e. The summed E-state index contributed by atoms with van der Waals surface area (Å²) in [6.45, 7) is 3.33. The van der Waals surface area contributed by atoms with E-state index in [2.05, 4.69) is 88.7 Å². The number of nitrogens with one attached hydrogen (secondary N) is 1. The molecule has 1 N–H and O–H groups in total. The highest BCUT2D eigenvalue weighted by molar-refractivity contribution is 5.91. The lowest BCUT2D eigenvalue weighted by molar-refractivity contribution is 0.0243. The number of H-pyrrole nitrogens is 1. The molecule has 2 heterocycles. The first-order valence-electron chi connectivity index (χ1n) is 10.5. The molecule has 152 valence electrons. The van der Waals surface area contributed by atoms with Crippen LogP contribution in [0.5, 0.6) is 5.75 Å². The molecule has 1 saturated heterocycles. The smallest absolute Gasteiger partial charge is 0.118 e. The SMILES string of the molecule is COc1ccc([C@@H](c2c(-c3ccccc3)[nH]c3ccccc23)N2CCOCC2)cc1. The van der Waals surface area contributed by atoms with E-state index < -0.39 is 0 Å². The Morgan fingerprint density at radius 1 is 0.867 bits per heavy atom. The fourth-order valence-electron chi connectivity index (χ4n) is 4.46. The Bertz CT molecular complexity index is 1110. The zero-order chi connectivity index (χ0) is 20.3. The molecular weight excluding hydrogens is 372 g/mol. The molecule has 0 saturated carbocycles. The Hall–Kier alpha value is -3.08. The summed E-state index contributed by atoms with van der Waals surface area (Å²) in [5, 5.41) is 1.27. The third-order valence-electron chi connectivity index (χ3n) is 5.92. The van der Waals surface area contributed by atoms with Gasteiger partial charge in [-0.1, -0.05) is 60.7 Å². The molecule has 5 rings (SSSR count). The van der Waals surface area contributed by atoms with E-state index in [1.807, 2.05) is 0 Å². The number of hydrogen-bond donors (Lipinski definition) is 1. The quantitative estimate of drug-likeness (QED) is 0.498. The fourth-order valence-corrected chi connectivity index (χ4v) is 4.46. The van der Waals surface area contributed by atoms with Crippen LogP contribution in [0.25, 0.3) is 22.2 Å². The molecule has 1 atom stereocenters. The van der Waals surface area contributed by atoms with E-state index in [-0.39, 0.29) is 6.04 Å². The van der Waals surface area contributed by atoms with E-state index in [1.165, 1.54) is 27.8 Å². The second-order valence-corrected chi connectivity index (χ2v) is 7.65. The standard InChI is InChI=1S/C26H26N2O2/c1-29-21-13-11-20(12-14-21)26(28-15-17-30-18-16-28)24-22-9-5-6-10-23(22)27-25(24)19-7-3-2-4-8-19/h2-14,26-27H,15-18H2,1H3/t26-/m0/s1. The minimum atomic E-state index is 0.131. The topological polar surface area (TPSA) is 37.5 Å². The van der Waals surface area contributed by atoms with Crippen molar-refractivity contribution in [3.63, 3.8) is 0 Å². The van der Waals surface area contributed by atoms with Gasteiger partial charge < -0.3 is 14.5 Å². The Kier molecular flexibility index (Phi) is 5.26. The van der Waals surface area contributed by atoms with Crippen LogP contribution in [0.4, 0.5) is 0 Å². The van der Waals surface area contributed by atoms with Gasteiger partial charge in [0.25, 0.3) is 0 Å². The average molecular weight is 399 g/mol. The van der Waals surface area contributed by atoms with E-state index in [4.69, 9.17) is 9.47 Å². The van der Waals surface area contributed by atoms with Gasteiger partial charge >= 0.3 is 0 Å². The average Bonchev–Trinajstić information content (AvgIpc) is 3.20. The molecule has 0 radical (unpaired) electrons. The first kappa shape index (κ1) is 18.9. The summed E-state index contributed by atoms with van der Waals surface area (Å²) in [5.41, 5.74) is 6.14. The normalized spacial score (nSPS) is 15.9. The van der Waals surface area contributed by atoms with Gasteiger partial charge in [0, 0.05) is 29.6 Å². The number of aromatic amines is 1. The lowest BCUT2D eigenvalue weighted by Gasteiger charge is -2.35. The number of hydrogen-bond acceptors (Lipinski definition) is 3. The first-order chi connectivity index (χ1) is 14.8. The van der Waals surface area contributed by atoms with Gasteiger partial charge in [0.05, 0.1) is 32.1 Å². The first-order valence-corrected chi connectivity index (χ1v) is 10.5. The molecule has 0 aliphatic carbocycles. The summed E-state index contributed by atoms with van der Waals surface area (Å²) in [5.74, 6) is 0.877. The summed E-state index contributed by atoms with van der Waals surface area (Å²) in [6.07, 6.45) is 0. The van der Waals surface area contributed by atoms with Crippen LogP contribution in [0.1, 0.15) is 17.2 Å². The molecule has 3 aromatic carbocycles. The lowest BCUT2D eigenvalue weighted by Crippen LogP contribution is -2.39. The summed E-state index contributed by atoms with van der Waals surface area (Å²) >= 11 is 0. The zero-order valence-electron chi connectivity index (χ0n) is 17.2. The Labute approximate surface area is 177 Å². The largest absolute Gasteiger partial charge is 0.497 e. The van der Waals surface area contributed by atoms with Crippen molar-refractivity contribution in [1.29, 1.82) is 0 Å². The highest BCUT2D eigenvalue weighted by atomic mass is 16.5. The summed E-state index contributed by atoms with van der Waals surface area (Å²) in [7, 11) is 1.71. The summed E-state index contributed by atoms with van der Waals surface area (Å²) in [6, 6.07) is 27.8. The van der Waals surface area contributed by atoms with Crippen molar-refractivity contribution < 1.29 is 9.47 Å². The van der Waals surface area contributed by atoms with Crippen molar-refractivity contribution in [3.05, 3.63) is 90.0 Å². The maximum absolute atomic E-state index is 5.67. The number of aromatic nitrogens is 1. The fraction of sp³-hybridized carbons (Fsp3) is 0.231. The molecule has 0 amide bonds. The van der Waals surface area contributed by atoms with Crippen molar-refractivity contribution in [2.45, 2.75) is 6.04 Å². The molecular formula is C26H26N2O2. The number of ether oxygens (including phenoxy) is 2. The highest BCUT2D eigenvalue weighted by Gasteiger charge is 2.29. The molecule has 4 nitrogen and oxygen atoms in total. The van der Waals surface area contributed by atoms with Crippen LogP contribution in [-0.2, 0) is 4.74 Å². The predicted molar refractivity (Wildman–Crippen MR) is 121 cm³/mol. The van der Waals surface area contributed by atoms with Crippen LogP contribution in [-0.4, -0.2) is 43.3 Å². The van der Waals surface area contributed by atoms with E-state index in [1.54, 1.807) is 7.11 Å². The van der Waals surface area contributed by atoms with Gasteiger partial charge in [0.2, 0.25) is 0 Å². The van der Waals surface area contributed by atoms with Crippen molar-refractivity contribution in [2.75, 3.05) is 33.4 Å². The van der Waals surface area contributed by atoms with Crippen LogP contribution in [0.3, 0.4) is 0 Å². The van der Waals surface area contributed by atoms with Crippen LogP contribution in [0.2, 0.25) is 0 Å². The third-order valence-corrected chi connectivity index (χ3v) is 5.92. The number of morpholine rings is 1. The van der Waals surface area contributed by atoms with Gasteiger partial charge in [-0.25, -0.2) is 0 Å². The number of fused-ring (bicyclic) bond motifs is 1. The monoisotopic (exact) mass is 398 g/mol. The van der Waals surface area contributed by atoms with Crippen molar-refractivity contribution >= 4 is 10.9 Å². The summed E-state index contributed by atoms with van der Waals surface area (Å²) < 4.78 is 11.1. The molecule has 0 spiro atoms. The van der Waals surface area contributed by atoms with Crippen molar-refractivity contribution in [3.8, 4) is 17.0 Å². The minimum Gasteiger partial charge on any atom is -0.497 e. The maximum atomic E-state index is 5.67. The molecule has 30 heavy (non-hydrogen) atoms. The molecule has 0 bridgehead atoms. The Morgan fingerprint density at radius 2 is 1.57 bits per heavy atom. The number of benzene rings is 3. The summed E-state index contributed by atoms with van der Waals surface area (Å²) in [4.78, 5) is 6.24. The zero-order valence-corrected chi connectivity index (χ0v) is 17.2. The van der Waals surface area contributed by atoms with Gasteiger partial charge in [-0.3, -0.25) is 4.90 Å². The van der Waals surface area contributed by atoms with Crippen LogP contribution in [0, 0.1) is 0 Å². The van der Waals surface area contributed by atoms with Gasteiger partial charge in [0.15, 0.2) is 0 Å². The molecule has 1 fully saturated rings. The molecule has 1 aromatic heterocycles. The number of nitrogens with zero attached hydrogens (tertiary/aromatic N) is 1. The van der Waals surface area contributed by atoms with E-state index in [0.717, 1.165) is 37.6 Å². The minimum absolute atomic E-state index is 0.131. The predicted octanol–water partition coefficient (Wildman–Crippen LogP) is 5.27. The second-order valence-electron chi connectivity index (χ2n) is 7.65. The molecule has 4 aromatic rings. The van der Waals surface area contributed by atoms with E-state index >= 15 is 0 Å². The Balaban J connectivity index is 1.73. The number of rotatable bonds is 5. The number of para-hydroxylation sites is 1. The van der Waals surface area contributed by atoms with E-state index in [9.17, 15) is 0 Å². The van der Waals surface area contributed by atoms with E-state index in [0.29, 0.717) is 0 Å². The van der Waals surface area contributed by atoms with Gasteiger partial charge in [-0.05, 0) is 29.3 Å². The lowest BCUT2D eigenvalue weighted by atomic mass is 9.92. The van der Waals surface area contributed by atoms with Gasteiger partial charge in [0.1, 0.15) is 5.75 Å². The van der Waals surface area contributed by atoms with Crippen LogP contribution >= 0.6 is 0 Å². The molecule has 1 aliphatic rings. The highest BCUT2D eigenvalue weighted by Crippen LogP contribution is 2.41. The second kappa shape index (κ2) is 8.34. The van der Waals surface area contributed by atoms with Crippen molar-refractivity contribution in [2.24, 2.45) is 0 Å². The third kappa shape index (κ3) is 3.49. The van der Waals surface area contributed by atoms with Crippen LogP contribution in [0.15, 0.2) is 78.9 Å². The molecule has 4 heteroatoms. The molecule has 0 unspecified atom stereocenters. The van der Waals surface area contributed by atoms with Crippen LogP contribution < -0.4 is 4.74 Å². The van der Waals surface area contributed by atoms with Gasteiger partial charge in [-0.2, -0.15) is 0 Å². The Morgan fingerprint density at radius 3 is 2.30 bits per heavy atom.